The lowest BCUT2D eigenvalue weighted by Gasteiger charge is -2.29. The third-order valence-electron chi connectivity index (χ3n) is 6.74. The molecule has 2 amide bonds. The zero-order valence-corrected chi connectivity index (χ0v) is 20.7. The first-order valence-corrected chi connectivity index (χ1v) is 12.6. The van der Waals surface area contributed by atoms with Crippen molar-refractivity contribution in [2.24, 2.45) is 5.92 Å². The molecule has 0 unspecified atom stereocenters. The molecule has 1 aliphatic carbocycles. The largest absolute Gasteiger partial charge is 0.416 e. The van der Waals surface area contributed by atoms with Crippen LogP contribution in [0.5, 0.6) is 0 Å². The third-order valence-corrected chi connectivity index (χ3v) is 6.74. The van der Waals surface area contributed by atoms with Crippen molar-refractivity contribution in [1.29, 1.82) is 0 Å². The molecule has 1 aromatic heterocycles. The fourth-order valence-corrected chi connectivity index (χ4v) is 4.67. The number of halogens is 3. The summed E-state index contributed by atoms with van der Waals surface area (Å²) in [6, 6.07) is 9.05. The second-order valence-corrected chi connectivity index (χ2v) is 9.33. The standard InChI is InChI=1S/C27H36F3N3O2/c1-3-5-15-33(25(34)20-31(4-2)26(35)22-11-6-7-12-22)19-24-14-9-16-32(24)18-21-10-8-13-23(17-21)27(28,29)30/h8-10,13-14,16-17,22H,3-7,11-12,15,18-20H2,1-2H3. The van der Waals surface area contributed by atoms with Gasteiger partial charge in [-0.25, -0.2) is 0 Å². The van der Waals surface area contributed by atoms with E-state index < -0.39 is 11.7 Å². The molecule has 5 nitrogen and oxygen atoms in total. The molecule has 1 fully saturated rings. The molecule has 1 heterocycles. The van der Waals surface area contributed by atoms with Gasteiger partial charge in [0.2, 0.25) is 11.8 Å². The lowest BCUT2D eigenvalue weighted by molar-refractivity contribution is -0.143. The Morgan fingerprint density at radius 2 is 1.80 bits per heavy atom. The van der Waals surface area contributed by atoms with E-state index in [1.54, 1.807) is 15.9 Å². The van der Waals surface area contributed by atoms with Crippen molar-refractivity contribution in [3.63, 3.8) is 0 Å². The molecular weight excluding hydrogens is 455 g/mol. The average Bonchev–Trinajstić information content (AvgIpc) is 3.52. The maximum atomic E-state index is 13.3. The maximum Gasteiger partial charge on any atom is 0.416 e. The molecular formula is C27H36F3N3O2. The Morgan fingerprint density at radius 3 is 2.46 bits per heavy atom. The highest BCUT2D eigenvalue weighted by Gasteiger charge is 2.31. The van der Waals surface area contributed by atoms with E-state index in [-0.39, 0.29) is 30.8 Å². The lowest BCUT2D eigenvalue weighted by atomic mass is 10.1. The molecule has 8 heteroatoms. The number of alkyl halides is 3. The monoisotopic (exact) mass is 491 g/mol. The molecule has 0 radical (unpaired) electrons. The van der Waals surface area contributed by atoms with E-state index in [4.69, 9.17) is 0 Å². The first-order chi connectivity index (χ1) is 16.7. The van der Waals surface area contributed by atoms with Crippen LogP contribution < -0.4 is 0 Å². The highest BCUT2D eigenvalue weighted by molar-refractivity contribution is 5.86. The van der Waals surface area contributed by atoms with Crippen LogP contribution in [-0.2, 0) is 28.9 Å². The van der Waals surface area contributed by atoms with Gasteiger partial charge in [-0.2, -0.15) is 13.2 Å². The molecule has 0 spiro atoms. The van der Waals surface area contributed by atoms with Crippen molar-refractivity contribution in [1.82, 2.24) is 14.4 Å². The molecule has 0 atom stereocenters. The van der Waals surface area contributed by atoms with Crippen LogP contribution in [0.1, 0.15) is 69.2 Å². The summed E-state index contributed by atoms with van der Waals surface area (Å²) in [4.78, 5) is 29.6. The highest BCUT2D eigenvalue weighted by Crippen LogP contribution is 2.30. The normalized spacial score (nSPS) is 14.3. The molecule has 0 bridgehead atoms. The summed E-state index contributed by atoms with van der Waals surface area (Å²) in [5.74, 6) is -0.00304. The number of benzene rings is 1. The van der Waals surface area contributed by atoms with Gasteiger partial charge in [-0.05, 0) is 56.0 Å². The van der Waals surface area contributed by atoms with E-state index >= 15 is 0 Å². The van der Waals surface area contributed by atoms with Gasteiger partial charge < -0.3 is 14.4 Å². The van der Waals surface area contributed by atoms with Crippen LogP contribution in [0.2, 0.25) is 0 Å². The van der Waals surface area contributed by atoms with Crippen LogP contribution in [0.15, 0.2) is 42.6 Å². The second kappa shape index (κ2) is 12.3. The van der Waals surface area contributed by atoms with Gasteiger partial charge in [0, 0.05) is 37.4 Å². The topological polar surface area (TPSA) is 45.6 Å². The Morgan fingerprint density at radius 1 is 1.06 bits per heavy atom. The van der Waals surface area contributed by atoms with Crippen molar-refractivity contribution >= 4 is 11.8 Å². The molecule has 2 aromatic rings. The number of amides is 2. The zero-order chi connectivity index (χ0) is 25.4. The summed E-state index contributed by atoms with van der Waals surface area (Å²) in [6.07, 6.45) is 3.11. The minimum absolute atomic E-state index is 0.0246. The SMILES string of the molecule is CCCCN(Cc1cccn1Cc1cccc(C(F)(F)F)c1)C(=O)CN(CC)C(=O)C1CCCC1. The molecule has 192 valence electrons. The van der Waals surface area contributed by atoms with Gasteiger partial charge in [-0.1, -0.05) is 38.3 Å². The van der Waals surface area contributed by atoms with Gasteiger partial charge in [-0.15, -0.1) is 0 Å². The Balaban J connectivity index is 1.71. The smallest absolute Gasteiger partial charge is 0.345 e. The zero-order valence-electron chi connectivity index (χ0n) is 20.7. The van der Waals surface area contributed by atoms with Crippen molar-refractivity contribution in [3.05, 3.63) is 59.4 Å². The van der Waals surface area contributed by atoms with Crippen molar-refractivity contribution < 1.29 is 22.8 Å². The number of hydrogen-bond donors (Lipinski definition) is 0. The molecule has 35 heavy (non-hydrogen) atoms. The van der Waals surface area contributed by atoms with E-state index in [2.05, 4.69) is 6.92 Å². The fraction of sp³-hybridized carbons (Fsp3) is 0.556. The van der Waals surface area contributed by atoms with Gasteiger partial charge in [-0.3, -0.25) is 9.59 Å². The van der Waals surface area contributed by atoms with Crippen molar-refractivity contribution in [2.75, 3.05) is 19.6 Å². The van der Waals surface area contributed by atoms with Gasteiger partial charge in [0.15, 0.2) is 0 Å². The van der Waals surface area contributed by atoms with Crippen LogP contribution in [0, 0.1) is 5.92 Å². The van der Waals surface area contributed by atoms with Crippen molar-refractivity contribution in [3.8, 4) is 0 Å². The molecule has 0 saturated heterocycles. The second-order valence-electron chi connectivity index (χ2n) is 9.33. The summed E-state index contributed by atoms with van der Waals surface area (Å²) in [7, 11) is 0. The maximum absolute atomic E-state index is 13.3. The average molecular weight is 492 g/mol. The first kappa shape index (κ1) is 26.8. The van der Waals surface area contributed by atoms with Gasteiger partial charge in [0.05, 0.1) is 18.7 Å². The quantitative estimate of drug-likeness (QED) is 0.403. The number of unbranched alkanes of at least 4 members (excludes halogenated alkanes) is 1. The molecule has 1 aromatic carbocycles. The first-order valence-electron chi connectivity index (χ1n) is 12.6. The van der Waals surface area contributed by atoms with Crippen LogP contribution in [0.3, 0.4) is 0 Å². The van der Waals surface area contributed by atoms with Gasteiger partial charge in [0.25, 0.3) is 0 Å². The Kier molecular flexibility index (Phi) is 9.40. The van der Waals surface area contributed by atoms with Crippen LogP contribution >= 0.6 is 0 Å². The molecule has 0 aliphatic heterocycles. The predicted octanol–water partition coefficient (Wildman–Crippen LogP) is 5.72. The summed E-state index contributed by atoms with van der Waals surface area (Å²) in [5.41, 5.74) is 0.718. The molecule has 1 saturated carbocycles. The Bertz CT molecular complexity index is 980. The van der Waals surface area contributed by atoms with Crippen molar-refractivity contribution in [2.45, 2.75) is 71.6 Å². The van der Waals surface area contributed by atoms with E-state index in [1.807, 2.05) is 29.8 Å². The summed E-state index contributed by atoms with van der Waals surface area (Å²) in [6.45, 7) is 5.71. The van der Waals surface area contributed by atoms with E-state index in [0.717, 1.165) is 56.4 Å². The summed E-state index contributed by atoms with van der Waals surface area (Å²) < 4.78 is 41.2. The summed E-state index contributed by atoms with van der Waals surface area (Å²) in [5, 5.41) is 0. The molecule has 3 rings (SSSR count). The minimum atomic E-state index is -4.39. The Hall–Kier alpha value is -2.77. The van der Waals surface area contributed by atoms with Crippen LogP contribution in [-0.4, -0.2) is 45.8 Å². The van der Waals surface area contributed by atoms with Crippen LogP contribution in [0.4, 0.5) is 13.2 Å². The number of aromatic nitrogens is 1. The Labute approximate surface area is 205 Å². The number of carbonyl (C=O) groups excluding carboxylic acids is 2. The number of nitrogens with zero attached hydrogens (tertiary/aromatic N) is 3. The van der Waals surface area contributed by atoms with Gasteiger partial charge in [0.1, 0.15) is 0 Å². The number of hydrogen-bond acceptors (Lipinski definition) is 2. The van der Waals surface area contributed by atoms with Gasteiger partial charge >= 0.3 is 6.18 Å². The molecule has 1 aliphatic rings. The molecule has 0 N–H and O–H groups in total. The van der Waals surface area contributed by atoms with E-state index in [0.29, 0.717) is 25.2 Å². The number of likely N-dealkylation sites (N-methyl/N-ethyl adjacent to an activating group) is 1. The van der Waals surface area contributed by atoms with E-state index in [9.17, 15) is 22.8 Å². The highest BCUT2D eigenvalue weighted by atomic mass is 19.4. The summed E-state index contributed by atoms with van der Waals surface area (Å²) >= 11 is 0. The van der Waals surface area contributed by atoms with E-state index in [1.165, 1.54) is 6.07 Å². The lowest BCUT2D eigenvalue weighted by Crippen LogP contribution is -2.44. The van der Waals surface area contributed by atoms with Crippen LogP contribution in [0.25, 0.3) is 0 Å². The predicted molar refractivity (Wildman–Crippen MR) is 130 cm³/mol. The fourth-order valence-electron chi connectivity index (χ4n) is 4.67. The third kappa shape index (κ3) is 7.36. The minimum Gasteiger partial charge on any atom is -0.345 e. The number of rotatable bonds is 11. The number of carbonyl (C=O) groups is 2.